The van der Waals surface area contributed by atoms with E-state index in [0.29, 0.717) is 52.8 Å². The molecule has 7 nitrogen and oxygen atoms in total. The largest absolute Gasteiger partial charge is 0.384 e. The summed E-state index contributed by atoms with van der Waals surface area (Å²) in [6.45, 7) is 1.51. The number of rotatable bonds is 6. The quantitative estimate of drug-likeness (QED) is 0.486. The van der Waals surface area contributed by atoms with Crippen LogP contribution in [-0.2, 0) is 17.7 Å². The first kappa shape index (κ1) is 20.4. The third-order valence-electron chi connectivity index (χ3n) is 5.90. The second kappa shape index (κ2) is 8.55. The second-order valence-corrected chi connectivity index (χ2v) is 7.98. The average molecular weight is 433 g/mol. The van der Waals surface area contributed by atoms with Gasteiger partial charge >= 0.3 is 0 Å². The molecule has 32 heavy (non-hydrogen) atoms. The van der Waals surface area contributed by atoms with Gasteiger partial charge < -0.3 is 20.4 Å². The van der Waals surface area contributed by atoms with Gasteiger partial charge in [0, 0.05) is 19.7 Å². The number of nitrogen functional groups attached to an aromatic ring is 1. The summed E-state index contributed by atoms with van der Waals surface area (Å²) >= 11 is 0. The van der Waals surface area contributed by atoms with Crippen LogP contribution in [0.5, 0.6) is 0 Å². The summed E-state index contributed by atoms with van der Waals surface area (Å²) in [6, 6.07) is 14.1. The number of hydrogen-bond acceptors (Lipinski definition) is 5. The van der Waals surface area contributed by atoms with Gasteiger partial charge in [0.15, 0.2) is 5.65 Å². The van der Waals surface area contributed by atoms with Crippen molar-refractivity contribution in [2.45, 2.75) is 31.9 Å². The number of benzene rings is 2. The highest BCUT2D eigenvalue weighted by Crippen LogP contribution is 2.28. The van der Waals surface area contributed by atoms with E-state index in [2.05, 4.69) is 5.32 Å². The van der Waals surface area contributed by atoms with Gasteiger partial charge in [-0.1, -0.05) is 30.3 Å². The van der Waals surface area contributed by atoms with Crippen LogP contribution in [0.1, 0.15) is 28.8 Å². The zero-order valence-corrected chi connectivity index (χ0v) is 17.6. The summed E-state index contributed by atoms with van der Waals surface area (Å²) in [4.78, 5) is 22.6. The average Bonchev–Trinajstić information content (AvgIpc) is 3.41. The van der Waals surface area contributed by atoms with E-state index in [1.807, 2.05) is 24.3 Å². The van der Waals surface area contributed by atoms with Gasteiger partial charge in [0.1, 0.15) is 22.7 Å². The second-order valence-electron chi connectivity index (χ2n) is 7.98. The molecule has 3 N–H and O–H groups in total. The number of para-hydroxylation sites is 2. The third-order valence-corrected chi connectivity index (χ3v) is 5.90. The Balaban J connectivity index is 1.54. The number of hydrogen-bond donors (Lipinski definition) is 2. The molecule has 5 rings (SSSR count). The Labute approximate surface area is 184 Å². The molecule has 4 aromatic rings. The molecule has 0 radical (unpaired) electrons. The summed E-state index contributed by atoms with van der Waals surface area (Å²) in [5.74, 6) is -0.303. The van der Waals surface area contributed by atoms with Crippen LogP contribution in [0.25, 0.3) is 22.2 Å². The minimum Gasteiger partial charge on any atom is -0.384 e. The first-order valence-corrected chi connectivity index (χ1v) is 10.8. The predicted molar refractivity (Wildman–Crippen MR) is 121 cm³/mol. The van der Waals surface area contributed by atoms with Crippen LogP contribution in [0, 0.1) is 5.82 Å². The number of nitrogens with one attached hydrogen (secondary N) is 1. The predicted octanol–water partition coefficient (Wildman–Crippen LogP) is 3.46. The Bertz CT molecular complexity index is 1300. The zero-order chi connectivity index (χ0) is 22.1. The molecule has 0 bridgehead atoms. The number of nitrogens with zero attached hydrogens (tertiary/aromatic N) is 3. The van der Waals surface area contributed by atoms with E-state index < -0.39 is 0 Å². The van der Waals surface area contributed by atoms with Gasteiger partial charge in [-0.3, -0.25) is 4.79 Å². The first-order chi connectivity index (χ1) is 15.6. The lowest BCUT2D eigenvalue weighted by atomic mass is 10.1. The van der Waals surface area contributed by atoms with E-state index in [-0.39, 0.29) is 23.6 Å². The molecule has 1 aliphatic rings. The first-order valence-electron chi connectivity index (χ1n) is 10.8. The topological polar surface area (TPSA) is 95.1 Å². The molecule has 1 saturated heterocycles. The molecule has 1 aliphatic heterocycles. The molecule has 0 spiro atoms. The lowest BCUT2D eigenvalue weighted by Crippen LogP contribution is -2.32. The molecule has 1 atom stereocenters. The number of amides is 1. The van der Waals surface area contributed by atoms with Crippen molar-refractivity contribution < 1.29 is 13.9 Å². The van der Waals surface area contributed by atoms with E-state index >= 15 is 0 Å². The number of aromatic nitrogens is 3. The van der Waals surface area contributed by atoms with E-state index in [9.17, 15) is 9.18 Å². The van der Waals surface area contributed by atoms with Crippen LogP contribution in [0.15, 0.2) is 48.5 Å². The van der Waals surface area contributed by atoms with Crippen LogP contribution in [0.2, 0.25) is 0 Å². The fourth-order valence-corrected chi connectivity index (χ4v) is 4.20. The lowest BCUT2D eigenvalue weighted by molar-refractivity contribution is 0.0859. The summed E-state index contributed by atoms with van der Waals surface area (Å²) in [5.41, 5.74) is 9.68. The highest BCUT2D eigenvalue weighted by atomic mass is 19.1. The molecule has 164 valence electrons. The Hall–Kier alpha value is -3.52. The number of anilines is 1. The molecule has 8 heteroatoms. The zero-order valence-electron chi connectivity index (χ0n) is 17.6. The minimum atomic E-state index is -0.308. The van der Waals surface area contributed by atoms with Gasteiger partial charge in [-0.05, 0) is 43.0 Å². The Kier molecular flexibility index (Phi) is 5.45. The van der Waals surface area contributed by atoms with E-state index in [0.717, 1.165) is 19.4 Å². The molecule has 0 saturated carbocycles. The number of fused-ring (bicyclic) bond motifs is 2. The van der Waals surface area contributed by atoms with Crippen molar-refractivity contribution in [2.75, 3.05) is 18.9 Å². The van der Waals surface area contributed by atoms with Crippen LogP contribution >= 0.6 is 0 Å². The van der Waals surface area contributed by atoms with Gasteiger partial charge in [0.05, 0.1) is 17.1 Å². The van der Waals surface area contributed by atoms with Crippen molar-refractivity contribution in [3.05, 3.63) is 65.5 Å². The van der Waals surface area contributed by atoms with Gasteiger partial charge in [-0.15, -0.1) is 0 Å². The third kappa shape index (κ3) is 3.78. The Morgan fingerprint density at radius 2 is 1.91 bits per heavy atom. The molecule has 3 heterocycles. The van der Waals surface area contributed by atoms with Crippen molar-refractivity contribution >= 4 is 33.9 Å². The van der Waals surface area contributed by atoms with Crippen LogP contribution in [-0.4, -0.2) is 39.7 Å². The molecule has 2 aromatic carbocycles. The van der Waals surface area contributed by atoms with Crippen molar-refractivity contribution in [1.82, 2.24) is 19.9 Å². The molecule has 2 aromatic heterocycles. The van der Waals surface area contributed by atoms with Gasteiger partial charge in [-0.25, -0.2) is 14.4 Å². The number of nitrogens with two attached hydrogens (primary N) is 1. The van der Waals surface area contributed by atoms with Crippen molar-refractivity contribution in [2.24, 2.45) is 0 Å². The number of ether oxygens (including phenoxy) is 1. The highest BCUT2D eigenvalue weighted by Gasteiger charge is 2.25. The SMILES string of the molecule is Nc1c(C(=O)NC[C@H]2CCCO2)c2nc3ccccc3nc2n1CCc1ccccc1F. The highest BCUT2D eigenvalue weighted by molar-refractivity contribution is 6.10. The minimum absolute atomic E-state index is 0.0153. The van der Waals surface area contributed by atoms with Crippen LogP contribution in [0.3, 0.4) is 0 Å². The maximum absolute atomic E-state index is 14.2. The van der Waals surface area contributed by atoms with Gasteiger partial charge in [0.2, 0.25) is 0 Å². The Morgan fingerprint density at radius 1 is 1.16 bits per heavy atom. The molecule has 0 unspecified atom stereocenters. The monoisotopic (exact) mass is 433 g/mol. The summed E-state index contributed by atoms with van der Waals surface area (Å²) in [6.07, 6.45) is 2.34. The van der Waals surface area contributed by atoms with Gasteiger partial charge in [-0.2, -0.15) is 0 Å². The summed E-state index contributed by atoms with van der Waals surface area (Å²) in [5, 5.41) is 2.93. The Morgan fingerprint density at radius 3 is 2.66 bits per heavy atom. The maximum Gasteiger partial charge on any atom is 0.257 e. The molecule has 1 amide bonds. The van der Waals surface area contributed by atoms with Gasteiger partial charge in [0.25, 0.3) is 5.91 Å². The molecule has 0 aliphatic carbocycles. The summed E-state index contributed by atoms with van der Waals surface area (Å²) in [7, 11) is 0. The number of aryl methyl sites for hydroxylation is 2. The normalized spacial score (nSPS) is 16.1. The van der Waals surface area contributed by atoms with E-state index in [1.165, 1.54) is 6.07 Å². The standard InChI is InChI=1S/C24H24FN5O2/c25-17-8-2-1-6-15(17)11-12-30-22(26)20(24(31)27-14-16-7-5-13-32-16)21-23(30)29-19-10-4-3-9-18(19)28-21/h1-4,6,8-10,16H,5,7,11-14,26H2,(H,27,31)/t16-/m1/s1. The molecular weight excluding hydrogens is 409 g/mol. The maximum atomic E-state index is 14.2. The molecule has 1 fully saturated rings. The van der Waals surface area contributed by atoms with E-state index in [4.69, 9.17) is 20.4 Å². The van der Waals surface area contributed by atoms with E-state index in [1.54, 1.807) is 22.8 Å². The van der Waals surface area contributed by atoms with Crippen molar-refractivity contribution in [3.8, 4) is 0 Å². The fraction of sp³-hybridized carbons (Fsp3) is 0.292. The lowest BCUT2D eigenvalue weighted by Gasteiger charge is -2.11. The number of carbonyl (C=O) groups excluding carboxylic acids is 1. The van der Waals surface area contributed by atoms with Crippen LogP contribution < -0.4 is 11.1 Å². The number of carbonyl (C=O) groups is 1. The molecular formula is C24H24FN5O2. The fourth-order valence-electron chi connectivity index (χ4n) is 4.20. The smallest absolute Gasteiger partial charge is 0.257 e. The summed E-state index contributed by atoms with van der Waals surface area (Å²) < 4.78 is 21.5. The van der Waals surface area contributed by atoms with Crippen molar-refractivity contribution in [3.63, 3.8) is 0 Å². The number of halogens is 1. The van der Waals surface area contributed by atoms with Crippen LogP contribution in [0.4, 0.5) is 10.2 Å². The van der Waals surface area contributed by atoms with Crippen molar-refractivity contribution in [1.29, 1.82) is 0 Å².